The van der Waals surface area contributed by atoms with E-state index in [0.29, 0.717) is 5.69 Å². The molecule has 0 aliphatic carbocycles. The third-order valence-corrected chi connectivity index (χ3v) is 4.40. The van der Waals surface area contributed by atoms with E-state index < -0.39 is 11.7 Å². The number of hydrogen-bond acceptors (Lipinski definition) is 2. The molecule has 0 amide bonds. The van der Waals surface area contributed by atoms with Crippen LogP contribution in [0.3, 0.4) is 0 Å². The largest absolute Gasteiger partial charge is 0.416 e. The lowest BCUT2D eigenvalue weighted by Gasteiger charge is -2.34. The van der Waals surface area contributed by atoms with Crippen LogP contribution in [0.1, 0.15) is 32.3 Å². The van der Waals surface area contributed by atoms with Gasteiger partial charge < -0.3 is 10.2 Å². The molecule has 1 unspecified atom stereocenters. The Labute approximate surface area is 128 Å². The monoisotopic (exact) mass is 320 g/mol. The fourth-order valence-electron chi connectivity index (χ4n) is 2.60. The van der Waals surface area contributed by atoms with E-state index in [0.717, 1.165) is 44.6 Å². The molecule has 1 fully saturated rings. The maximum Gasteiger partial charge on any atom is 0.416 e. The molecule has 1 N–H and O–H groups in total. The van der Waals surface area contributed by atoms with E-state index >= 15 is 0 Å². The summed E-state index contributed by atoms with van der Waals surface area (Å²) in [5, 5.41) is 3.66. The Hall–Kier alpha value is -0.940. The number of halogens is 4. The minimum absolute atomic E-state index is 0.0530. The van der Waals surface area contributed by atoms with Gasteiger partial charge in [-0.1, -0.05) is 18.5 Å². The van der Waals surface area contributed by atoms with E-state index in [4.69, 9.17) is 11.6 Å². The predicted octanol–water partition coefficient (Wildman–Crippen LogP) is 4.33. The Kier molecular flexibility index (Phi) is 4.73. The van der Waals surface area contributed by atoms with E-state index in [2.05, 4.69) is 24.1 Å². The van der Waals surface area contributed by atoms with E-state index in [-0.39, 0.29) is 10.6 Å². The lowest BCUT2D eigenvalue weighted by atomic mass is 9.98. The van der Waals surface area contributed by atoms with E-state index in [1.807, 2.05) is 0 Å². The first-order valence-electron chi connectivity index (χ1n) is 7.12. The van der Waals surface area contributed by atoms with E-state index in [1.54, 1.807) is 0 Å². The topological polar surface area (TPSA) is 15.3 Å². The maximum absolute atomic E-state index is 12.7. The van der Waals surface area contributed by atoms with Crippen molar-refractivity contribution in [2.24, 2.45) is 0 Å². The molecule has 1 atom stereocenters. The molecule has 1 aliphatic heterocycles. The number of hydrogen-bond donors (Lipinski definition) is 1. The summed E-state index contributed by atoms with van der Waals surface area (Å²) in [5.41, 5.74) is -0.0850. The molecule has 2 rings (SSSR count). The molecule has 0 spiro atoms. The molecule has 6 heteroatoms. The Balaban J connectivity index is 2.28. The van der Waals surface area contributed by atoms with Gasteiger partial charge in [-0.25, -0.2) is 0 Å². The molecule has 118 valence electrons. The van der Waals surface area contributed by atoms with Crippen molar-refractivity contribution < 1.29 is 13.2 Å². The average molecular weight is 321 g/mol. The van der Waals surface area contributed by atoms with Crippen LogP contribution < -0.4 is 10.2 Å². The molecular weight excluding hydrogens is 301 g/mol. The van der Waals surface area contributed by atoms with Gasteiger partial charge in [-0.3, -0.25) is 0 Å². The first-order chi connectivity index (χ1) is 9.75. The van der Waals surface area contributed by atoms with Crippen molar-refractivity contribution in [3.63, 3.8) is 0 Å². The van der Waals surface area contributed by atoms with Crippen LogP contribution in [0.4, 0.5) is 18.9 Å². The lowest BCUT2D eigenvalue weighted by Crippen LogP contribution is -2.48. The van der Waals surface area contributed by atoms with Crippen molar-refractivity contribution in [3.05, 3.63) is 28.8 Å². The molecule has 1 aromatic carbocycles. The van der Waals surface area contributed by atoms with E-state index in [9.17, 15) is 13.2 Å². The molecule has 21 heavy (non-hydrogen) atoms. The van der Waals surface area contributed by atoms with Gasteiger partial charge in [0.25, 0.3) is 0 Å². The summed E-state index contributed by atoms with van der Waals surface area (Å²) in [6, 6.07) is 3.59. The quantitative estimate of drug-likeness (QED) is 0.872. The molecule has 1 aromatic rings. The van der Waals surface area contributed by atoms with Crippen LogP contribution in [-0.4, -0.2) is 25.2 Å². The van der Waals surface area contributed by atoms with Crippen LogP contribution in [0.25, 0.3) is 0 Å². The highest BCUT2D eigenvalue weighted by Crippen LogP contribution is 2.36. The summed E-state index contributed by atoms with van der Waals surface area (Å²) in [7, 11) is 0. The summed E-state index contributed by atoms with van der Waals surface area (Å²) in [6.07, 6.45) is -2.48. The van der Waals surface area contributed by atoms with Gasteiger partial charge in [-0.2, -0.15) is 13.2 Å². The zero-order valence-electron chi connectivity index (χ0n) is 12.2. The maximum atomic E-state index is 12.7. The lowest BCUT2D eigenvalue weighted by molar-refractivity contribution is -0.137. The van der Waals surface area contributed by atoms with Gasteiger partial charge in [-0.05, 0) is 44.5 Å². The minimum atomic E-state index is -4.36. The fraction of sp³-hybridized carbons (Fsp3) is 0.600. The second kappa shape index (κ2) is 6.05. The Morgan fingerprint density at radius 2 is 2.10 bits per heavy atom. The molecule has 1 heterocycles. The fourth-order valence-corrected chi connectivity index (χ4v) is 2.90. The second-order valence-electron chi connectivity index (χ2n) is 5.78. The SMILES string of the molecule is CCC1(C)CN(c2ccc(C(F)(F)F)cc2Cl)CCCN1. The van der Waals surface area contributed by atoms with Crippen molar-refractivity contribution in [1.82, 2.24) is 5.32 Å². The van der Waals surface area contributed by atoms with Crippen LogP contribution in [0.15, 0.2) is 18.2 Å². The van der Waals surface area contributed by atoms with Gasteiger partial charge in [0, 0.05) is 18.6 Å². The van der Waals surface area contributed by atoms with Crippen LogP contribution in [0.5, 0.6) is 0 Å². The van der Waals surface area contributed by atoms with Gasteiger partial charge in [0.05, 0.1) is 16.3 Å². The Bertz CT molecular complexity index is 504. The number of nitrogens with zero attached hydrogens (tertiary/aromatic N) is 1. The third kappa shape index (κ3) is 3.83. The van der Waals surface area contributed by atoms with Gasteiger partial charge in [0.1, 0.15) is 0 Å². The standard InChI is InChI=1S/C15H20ClF3N2/c1-3-14(2)10-21(8-4-7-20-14)13-6-5-11(9-12(13)16)15(17,18)19/h5-6,9,20H,3-4,7-8,10H2,1-2H3. The Morgan fingerprint density at radius 1 is 1.38 bits per heavy atom. The van der Waals surface area contributed by atoms with Crippen LogP contribution >= 0.6 is 11.6 Å². The summed E-state index contributed by atoms with van der Waals surface area (Å²) in [4.78, 5) is 2.08. The van der Waals surface area contributed by atoms with Gasteiger partial charge >= 0.3 is 6.18 Å². The average Bonchev–Trinajstić information content (AvgIpc) is 2.60. The number of benzene rings is 1. The second-order valence-corrected chi connectivity index (χ2v) is 6.19. The summed E-state index contributed by atoms with van der Waals surface area (Å²) >= 11 is 6.10. The third-order valence-electron chi connectivity index (χ3n) is 4.09. The van der Waals surface area contributed by atoms with Gasteiger partial charge in [0.2, 0.25) is 0 Å². The van der Waals surface area contributed by atoms with E-state index in [1.165, 1.54) is 6.07 Å². The molecule has 0 bridgehead atoms. The number of alkyl halides is 3. The molecule has 1 saturated heterocycles. The zero-order valence-corrected chi connectivity index (χ0v) is 13.0. The highest BCUT2D eigenvalue weighted by atomic mass is 35.5. The smallest absolute Gasteiger partial charge is 0.368 e. The summed E-state index contributed by atoms with van der Waals surface area (Å²) in [6.45, 7) is 6.65. The number of anilines is 1. The number of nitrogens with one attached hydrogen (secondary N) is 1. The van der Waals surface area contributed by atoms with Crippen molar-refractivity contribution in [2.75, 3.05) is 24.5 Å². The van der Waals surface area contributed by atoms with Crippen molar-refractivity contribution >= 4 is 17.3 Å². The molecule has 1 aliphatic rings. The summed E-state index contributed by atoms with van der Waals surface area (Å²) in [5.74, 6) is 0. The molecule has 0 saturated carbocycles. The molecule has 0 aromatic heterocycles. The van der Waals surface area contributed by atoms with Crippen LogP contribution in [0, 0.1) is 0 Å². The zero-order chi connectivity index (χ0) is 15.7. The highest BCUT2D eigenvalue weighted by molar-refractivity contribution is 6.33. The van der Waals surface area contributed by atoms with Crippen LogP contribution in [0.2, 0.25) is 5.02 Å². The minimum Gasteiger partial charge on any atom is -0.368 e. The predicted molar refractivity (Wildman–Crippen MR) is 80.0 cm³/mol. The normalized spacial score (nSPS) is 24.0. The number of rotatable bonds is 2. The molecule has 2 nitrogen and oxygen atoms in total. The first kappa shape index (κ1) is 16.4. The van der Waals surface area contributed by atoms with Crippen LogP contribution in [-0.2, 0) is 6.18 Å². The summed E-state index contributed by atoms with van der Waals surface area (Å²) < 4.78 is 38.1. The van der Waals surface area contributed by atoms with Crippen molar-refractivity contribution in [2.45, 2.75) is 38.4 Å². The Morgan fingerprint density at radius 3 is 2.67 bits per heavy atom. The highest BCUT2D eigenvalue weighted by Gasteiger charge is 2.32. The first-order valence-corrected chi connectivity index (χ1v) is 7.50. The van der Waals surface area contributed by atoms with Crippen molar-refractivity contribution in [1.29, 1.82) is 0 Å². The molecular formula is C15H20ClF3N2. The van der Waals surface area contributed by atoms with Gasteiger partial charge in [0.15, 0.2) is 0 Å². The van der Waals surface area contributed by atoms with Crippen molar-refractivity contribution in [3.8, 4) is 0 Å². The molecule has 0 radical (unpaired) electrons. The van der Waals surface area contributed by atoms with Gasteiger partial charge in [-0.15, -0.1) is 0 Å².